The molecule has 0 bridgehead atoms. The minimum atomic E-state index is 0.157. The molecule has 0 unspecified atom stereocenters. The maximum absolute atomic E-state index is 5.86. The minimum absolute atomic E-state index is 0.157. The van der Waals surface area contributed by atoms with E-state index in [-0.39, 0.29) is 6.04 Å². The van der Waals surface area contributed by atoms with Crippen molar-refractivity contribution in [2.24, 2.45) is 0 Å². The Kier molecular flexibility index (Phi) is 6.67. The quantitative estimate of drug-likeness (QED) is 0.763. The highest BCUT2D eigenvalue weighted by Gasteiger charge is 2.11. The van der Waals surface area contributed by atoms with Crippen LogP contribution in [0, 0.1) is 0 Å². The lowest BCUT2D eigenvalue weighted by Gasteiger charge is -2.19. The van der Waals surface area contributed by atoms with E-state index in [1.54, 1.807) is 0 Å². The van der Waals surface area contributed by atoms with Crippen molar-refractivity contribution in [1.82, 2.24) is 5.32 Å². The second-order valence-electron chi connectivity index (χ2n) is 4.86. The molecule has 0 amide bonds. The predicted molar refractivity (Wildman–Crippen MR) is 91.4 cm³/mol. The van der Waals surface area contributed by atoms with Gasteiger partial charge in [0.1, 0.15) is 0 Å². The van der Waals surface area contributed by atoms with Crippen molar-refractivity contribution < 1.29 is 4.74 Å². The summed E-state index contributed by atoms with van der Waals surface area (Å²) >= 11 is 3.38. The van der Waals surface area contributed by atoms with Crippen molar-refractivity contribution in [3.63, 3.8) is 0 Å². The van der Waals surface area contributed by atoms with Crippen molar-refractivity contribution in [3.8, 4) is 0 Å². The molecule has 0 radical (unpaired) electrons. The Morgan fingerprint density at radius 2 is 1.67 bits per heavy atom. The second kappa shape index (κ2) is 8.78. The molecular weight excluding hydrogens is 326 g/mol. The third-order valence-corrected chi connectivity index (χ3v) is 3.42. The number of rotatable bonds is 8. The van der Waals surface area contributed by atoms with E-state index in [9.17, 15) is 0 Å². The molecule has 21 heavy (non-hydrogen) atoms. The first-order valence-corrected chi connectivity index (χ1v) is 7.78. The molecule has 110 valence electrons. The van der Waals surface area contributed by atoms with Crippen LogP contribution in [0.1, 0.15) is 17.2 Å². The van der Waals surface area contributed by atoms with Crippen molar-refractivity contribution >= 4 is 15.9 Å². The molecule has 2 rings (SSSR count). The Hall–Kier alpha value is -1.42. The Balaban J connectivity index is 1.91. The summed E-state index contributed by atoms with van der Waals surface area (Å²) in [7, 11) is 0. The number of nitrogens with one attached hydrogen (secondary N) is 1. The van der Waals surface area contributed by atoms with Crippen LogP contribution in [0.5, 0.6) is 0 Å². The first-order chi connectivity index (χ1) is 10.3. The van der Waals surface area contributed by atoms with E-state index in [4.69, 9.17) is 4.74 Å². The Morgan fingerprint density at radius 1 is 1.05 bits per heavy atom. The van der Waals surface area contributed by atoms with Crippen LogP contribution in [0.4, 0.5) is 0 Å². The molecule has 2 nitrogen and oxygen atoms in total. The van der Waals surface area contributed by atoms with Crippen LogP contribution < -0.4 is 5.32 Å². The van der Waals surface area contributed by atoms with Gasteiger partial charge in [-0.05, 0) is 11.1 Å². The summed E-state index contributed by atoms with van der Waals surface area (Å²) < 4.78 is 6.80. The Morgan fingerprint density at radius 3 is 2.29 bits per heavy atom. The lowest BCUT2D eigenvalue weighted by atomic mass is 10.1. The molecule has 0 aliphatic rings. The van der Waals surface area contributed by atoms with E-state index in [1.807, 2.05) is 36.4 Å². The highest BCUT2D eigenvalue weighted by Crippen LogP contribution is 2.15. The van der Waals surface area contributed by atoms with E-state index < -0.39 is 0 Å². The molecule has 0 aliphatic heterocycles. The van der Waals surface area contributed by atoms with Gasteiger partial charge in [0.2, 0.25) is 0 Å². The zero-order valence-electron chi connectivity index (χ0n) is 12.0. The van der Waals surface area contributed by atoms with Gasteiger partial charge in [-0.2, -0.15) is 0 Å². The van der Waals surface area contributed by atoms with Gasteiger partial charge in [0.05, 0.1) is 19.3 Å². The molecule has 2 aromatic rings. The topological polar surface area (TPSA) is 21.3 Å². The number of halogens is 1. The van der Waals surface area contributed by atoms with Crippen LogP contribution >= 0.6 is 15.9 Å². The predicted octanol–water partition coefficient (Wildman–Crippen LogP) is 4.44. The van der Waals surface area contributed by atoms with Crippen LogP contribution in [0.2, 0.25) is 0 Å². The third-order valence-electron chi connectivity index (χ3n) is 3.14. The zero-order chi connectivity index (χ0) is 14.9. The number of benzene rings is 2. The van der Waals surface area contributed by atoms with E-state index >= 15 is 0 Å². The van der Waals surface area contributed by atoms with Crippen molar-refractivity contribution in [1.29, 1.82) is 0 Å². The normalized spacial score (nSPS) is 12.0. The molecule has 0 spiro atoms. The van der Waals surface area contributed by atoms with Crippen LogP contribution in [-0.4, -0.2) is 13.2 Å². The molecule has 0 fully saturated rings. The lowest BCUT2D eigenvalue weighted by Crippen LogP contribution is -2.26. The molecule has 3 heteroatoms. The van der Waals surface area contributed by atoms with Crippen LogP contribution in [0.3, 0.4) is 0 Å². The number of hydrogen-bond acceptors (Lipinski definition) is 2. The molecule has 0 aromatic heterocycles. The number of hydrogen-bond donors (Lipinski definition) is 1. The van der Waals surface area contributed by atoms with Gasteiger partial charge in [-0.25, -0.2) is 0 Å². The average Bonchev–Trinajstić information content (AvgIpc) is 2.52. The van der Waals surface area contributed by atoms with E-state index in [0.717, 1.165) is 4.48 Å². The highest BCUT2D eigenvalue weighted by molar-refractivity contribution is 9.11. The van der Waals surface area contributed by atoms with Gasteiger partial charge in [0.25, 0.3) is 0 Å². The van der Waals surface area contributed by atoms with Gasteiger partial charge >= 0.3 is 0 Å². The van der Waals surface area contributed by atoms with Gasteiger partial charge in [-0.3, -0.25) is 0 Å². The molecule has 2 aromatic carbocycles. The fourth-order valence-corrected chi connectivity index (χ4v) is 2.22. The van der Waals surface area contributed by atoms with Gasteiger partial charge in [-0.1, -0.05) is 83.2 Å². The van der Waals surface area contributed by atoms with E-state index in [0.29, 0.717) is 19.8 Å². The maximum atomic E-state index is 5.86. The molecule has 1 N–H and O–H groups in total. The first-order valence-electron chi connectivity index (χ1n) is 6.99. The molecule has 0 saturated carbocycles. The standard InChI is InChI=1S/C18H20BrNO/c1-15(19)12-20-18(17-10-6-3-7-11-17)14-21-13-16-8-4-2-5-9-16/h2-11,18,20H,1,12-14H2/t18-/m1/s1. The monoisotopic (exact) mass is 345 g/mol. The lowest BCUT2D eigenvalue weighted by molar-refractivity contribution is 0.0995. The number of ether oxygens (including phenoxy) is 1. The van der Waals surface area contributed by atoms with Crippen LogP contribution in [-0.2, 0) is 11.3 Å². The SMILES string of the molecule is C=C(Br)CN[C@H](COCc1ccccc1)c1ccccc1. The summed E-state index contributed by atoms with van der Waals surface area (Å²) in [6.07, 6.45) is 0. The van der Waals surface area contributed by atoms with E-state index in [1.165, 1.54) is 11.1 Å². The summed E-state index contributed by atoms with van der Waals surface area (Å²) in [5.41, 5.74) is 2.41. The van der Waals surface area contributed by atoms with Crippen LogP contribution in [0.15, 0.2) is 71.7 Å². The third kappa shape index (κ3) is 5.84. The van der Waals surface area contributed by atoms with Gasteiger partial charge in [0, 0.05) is 11.0 Å². The highest BCUT2D eigenvalue weighted by atomic mass is 79.9. The molecule has 0 saturated heterocycles. The first kappa shape index (κ1) is 16.0. The van der Waals surface area contributed by atoms with Gasteiger partial charge < -0.3 is 10.1 Å². The summed E-state index contributed by atoms with van der Waals surface area (Å²) in [6.45, 7) is 5.83. The Bertz CT molecular complexity index is 542. The fraction of sp³-hybridized carbons (Fsp3) is 0.222. The van der Waals surface area contributed by atoms with Crippen molar-refractivity contribution in [2.45, 2.75) is 12.6 Å². The molecular formula is C18H20BrNO. The summed E-state index contributed by atoms with van der Waals surface area (Å²) in [4.78, 5) is 0. The second-order valence-corrected chi connectivity index (χ2v) is 5.98. The molecule has 1 atom stereocenters. The summed E-state index contributed by atoms with van der Waals surface area (Å²) in [5.74, 6) is 0. The zero-order valence-corrected chi connectivity index (χ0v) is 13.6. The van der Waals surface area contributed by atoms with Crippen molar-refractivity contribution in [2.75, 3.05) is 13.2 Å². The minimum Gasteiger partial charge on any atom is -0.375 e. The Labute approximate surface area is 135 Å². The average molecular weight is 346 g/mol. The maximum Gasteiger partial charge on any atom is 0.0717 e. The molecule has 0 heterocycles. The largest absolute Gasteiger partial charge is 0.375 e. The fourth-order valence-electron chi connectivity index (χ4n) is 2.06. The van der Waals surface area contributed by atoms with E-state index in [2.05, 4.69) is 52.1 Å². The van der Waals surface area contributed by atoms with Crippen LogP contribution in [0.25, 0.3) is 0 Å². The van der Waals surface area contributed by atoms with Gasteiger partial charge in [0.15, 0.2) is 0 Å². The summed E-state index contributed by atoms with van der Waals surface area (Å²) in [5, 5.41) is 3.45. The summed E-state index contributed by atoms with van der Waals surface area (Å²) in [6, 6.07) is 20.7. The smallest absolute Gasteiger partial charge is 0.0717 e. The van der Waals surface area contributed by atoms with Crippen molar-refractivity contribution in [3.05, 3.63) is 82.9 Å². The van der Waals surface area contributed by atoms with Gasteiger partial charge in [-0.15, -0.1) is 0 Å². The molecule has 0 aliphatic carbocycles.